The fourth-order valence-electron chi connectivity index (χ4n) is 1.65. The molecule has 1 heteroatoms. The lowest BCUT2D eigenvalue weighted by atomic mass is 10.00. The predicted molar refractivity (Wildman–Crippen MR) is 69.9 cm³/mol. The summed E-state index contributed by atoms with van der Waals surface area (Å²) in [4.78, 5) is 2.35. The maximum atomic E-state index is 2.35. The Labute approximate surface area is 96.6 Å². The van der Waals surface area contributed by atoms with Gasteiger partial charge in [0.15, 0.2) is 0 Å². The first kappa shape index (κ1) is 14.5. The highest BCUT2D eigenvalue weighted by Crippen LogP contribution is 2.13. The fraction of sp³-hybridized carbons (Fsp3) is 0.857. The van der Waals surface area contributed by atoms with Crippen molar-refractivity contribution < 1.29 is 0 Å². The molecule has 0 rings (SSSR count). The number of rotatable bonds is 8. The molecule has 0 aromatic carbocycles. The monoisotopic (exact) mass is 211 g/mol. The van der Waals surface area contributed by atoms with Gasteiger partial charge in [0.05, 0.1) is 0 Å². The van der Waals surface area contributed by atoms with Gasteiger partial charge in [0, 0.05) is 13.1 Å². The number of allylic oxidation sites excluding steroid dienone is 1. The largest absolute Gasteiger partial charge is 0.378 e. The van der Waals surface area contributed by atoms with Crippen LogP contribution >= 0.6 is 0 Å². The summed E-state index contributed by atoms with van der Waals surface area (Å²) < 4.78 is 0. The third-order valence-electron chi connectivity index (χ3n) is 2.88. The molecular formula is C14H29N. The van der Waals surface area contributed by atoms with E-state index in [1.165, 1.54) is 19.3 Å². The summed E-state index contributed by atoms with van der Waals surface area (Å²) >= 11 is 0. The molecule has 1 atom stereocenters. The van der Waals surface area contributed by atoms with Crippen LogP contribution in [-0.4, -0.2) is 18.0 Å². The Morgan fingerprint density at radius 3 is 2.07 bits per heavy atom. The average molecular weight is 211 g/mol. The summed E-state index contributed by atoms with van der Waals surface area (Å²) in [5.41, 5.74) is 0. The van der Waals surface area contributed by atoms with Gasteiger partial charge in [-0.05, 0) is 38.3 Å². The van der Waals surface area contributed by atoms with Crippen LogP contribution in [0.2, 0.25) is 0 Å². The quantitative estimate of drug-likeness (QED) is 0.578. The summed E-state index contributed by atoms with van der Waals surface area (Å²) in [6, 6.07) is 0. The summed E-state index contributed by atoms with van der Waals surface area (Å²) in [6.07, 6.45) is 8.67. The van der Waals surface area contributed by atoms with Gasteiger partial charge >= 0.3 is 0 Å². The molecule has 0 aromatic heterocycles. The lowest BCUT2D eigenvalue weighted by Crippen LogP contribution is -2.15. The van der Waals surface area contributed by atoms with Gasteiger partial charge in [0.2, 0.25) is 0 Å². The second kappa shape index (κ2) is 8.82. The molecule has 0 saturated carbocycles. The molecular weight excluding hydrogens is 182 g/mol. The van der Waals surface area contributed by atoms with Crippen LogP contribution in [-0.2, 0) is 0 Å². The normalized spacial score (nSPS) is 13.7. The van der Waals surface area contributed by atoms with Crippen LogP contribution in [0.15, 0.2) is 12.3 Å². The topological polar surface area (TPSA) is 3.24 Å². The van der Waals surface area contributed by atoms with Gasteiger partial charge in [-0.3, -0.25) is 0 Å². The average Bonchev–Trinajstić information content (AvgIpc) is 2.18. The minimum absolute atomic E-state index is 0.726. The van der Waals surface area contributed by atoms with Gasteiger partial charge < -0.3 is 4.90 Å². The Hall–Kier alpha value is -0.460. The SMILES string of the molecule is CCN(/C=C/[C@H](C)CCCC(C)C)CC. The molecule has 0 radical (unpaired) electrons. The number of hydrogen-bond donors (Lipinski definition) is 0. The van der Waals surface area contributed by atoms with Crippen molar-refractivity contribution >= 4 is 0 Å². The number of nitrogens with zero attached hydrogens (tertiary/aromatic N) is 1. The van der Waals surface area contributed by atoms with Crippen LogP contribution in [0.5, 0.6) is 0 Å². The Morgan fingerprint density at radius 1 is 1.00 bits per heavy atom. The molecule has 1 nitrogen and oxygen atoms in total. The van der Waals surface area contributed by atoms with E-state index in [0.29, 0.717) is 0 Å². The molecule has 0 heterocycles. The summed E-state index contributed by atoms with van der Waals surface area (Å²) in [6.45, 7) is 13.6. The molecule has 0 aliphatic rings. The van der Waals surface area contributed by atoms with E-state index in [-0.39, 0.29) is 0 Å². The summed E-state index contributed by atoms with van der Waals surface area (Å²) in [5.74, 6) is 1.58. The Kier molecular flexibility index (Phi) is 8.55. The van der Waals surface area contributed by atoms with Crippen molar-refractivity contribution in [3.05, 3.63) is 12.3 Å². The van der Waals surface area contributed by atoms with Crippen LogP contribution in [0.1, 0.15) is 53.9 Å². The van der Waals surface area contributed by atoms with E-state index in [1.807, 2.05) is 0 Å². The van der Waals surface area contributed by atoms with Gasteiger partial charge in [-0.15, -0.1) is 0 Å². The Balaban J connectivity index is 3.67. The van der Waals surface area contributed by atoms with Crippen molar-refractivity contribution in [3.8, 4) is 0 Å². The summed E-state index contributed by atoms with van der Waals surface area (Å²) in [7, 11) is 0. The van der Waals surface area contributed by atoms with Gasteiger partial charge in [0.1, 0.15) is 0 Å². The van der Waals surface area contributed by atoms with Crippen molar-refractivity contribution in [1.29, 1.82) is 0 Å². The molecule has 0 spiro atoms. The Morgan fingerprint density at radius 2 is 1.60 bits per heavy atom. The minimum atomic E-state index is 0.726. The lowest BCUT2D eigenvalue weighted by molar-refractivity contribution is 0.412. The van der Waals surface area contributed by atoms with Crippen LogP contribution in [0.4, 0.5) is 0 Å². The first-order valence-corrected chi connectivity index (χ1v) is 6.52. The number of hydrogen-bond acceptors (Lipinski definition) is 1. The molecule has 0 N–H and O–H groups in total. The van der Waals surface area contributed by atoms with Crippen LogP contribution in [0, 0.1) is 11.8 Å². The third-order valence-corrected chi connectivity index (χ3v) is 2.88. The van der Waals surface area contributed by atoms with Gasteiger partial charge in [-0.2, -0.15) is 0 Å². The van der Waals surface area contributed by atoms with E-state index in [0.717, 1.165) is 24.9 Å². The smallest absolute Gasteiger partial charge is 0.0143 e. The van der Waals surface area contributed by atoms with Gasteiger partial charge in [-0.25, -0.2) is 0 Å². The summed E-state index contributed by atoms with van der Waals surface area (Å²) in [5, 5.41) is 0. The highest BCUT2D eigenvalue weighted by Gasteiger charge is 1.99. The molecule has 0 aromatic rings. The van der Waals surface area contributed by atoms with E-state index in [1.54, 1.807) is 0 Å². The molecule has 0 unspecified atom stereocenters. The second-order valence-corrected chi connectivity index (χ2v) is 4.86. The maximum absolute atomic E-state index is 2.35. The standard InChI is InChI=1S/C14H29N/c1-6-15(7-2)12-11-14(5)10-8-9-13(3)4/h11-14H,6-10H2,1-5H3/b12-11+/t14-/m1/s1. The van der Waals surface area contributed by atoms with Crippen molar-refractivity contribution in [3.63, 3.8) is 0 Å². The zero-order valence-corrected chi connectivity index (χ0v) is 11.3. The molecule has 0 aliphatic heterocycles. The van der Waals surface area contributed by atoms with E-state index in [2.05, 4.69) is 51.8 Å². The van der Waals surface area contributed by atoms with Gasteiger partial charge in [0.25, 0.3) is 0 Å². The molecule has 0 bridgehead atoms. The van der Waals surface area contributed by atoms with Crippen molar-refractivity contribution in [1.82, 2.24) is 4.90 Å². The highest BCUT2D eigenvalue weighted by atomic mass is 15.1. The van der Waals surface area contributed by atoms with Crippen molar-refractivity contribution in [2.24, 2.45) is 11.8 Å². The zero-order valence-electron chi connectivity index (χ0n) is 11.3. The first-order chi connectivity index (χ1) is 7.10. The maximum Gasteiger partial charge on any atom is 0.0143 e. The fourth-order valence-corrected chi connectivity index (χ4v) is 1.65. The van der Waals surface area contributed by atoms with Crippen molar-refractivity contribution in [2.45, 2.75) is 53.9 Å². The second-order valence-electron chi connectivity index (χ2n) is 4.86. The molecule has 0 amide bonds. The third kappa shape index (κ3) is 8.53. The first-order valence-electron chi connectivity index (χ1n) is 6.52. The minimum Gasteiger partial charge on any atom is -0.378 e. The van der Waals surface area contributed by atoms with Crippen molar-refractivity contribution in [2.75, 3.05) is 13.1 Å². The molecule has 0 aliphatic carbocycles. The van der Waals surface area contributed by atoms with E-state index >= 15 is 0 Å². The van der Waals surface area contributed by atoms with E-state index in [4.69, 9.17) is 0 Å². The molecule has 0 fully saturated rings. The van der Waals surface area contributed by atoms with Gasteiger partial charge in [-0.1, -0.05) is 39.7 Å². The van der Waals surface area contributed by atoms with Crippen LogP contribution in [0.3, 0.4) is 0 Å². The van der Waals surface area contributed by atoms with E-state index < -0.39 is 0 Å². The molecule has 15 heavy (non-hydrogen) atoms. The zero-order chi connectivity index (χ0) is 11.7. The predicted octanol–water partition coefficient (Wildman–Crippen LogP) is 4.30. The van der Waals surface area contributed by atoms with Crippen LogP contribution < -0.4 is 0 Å². The highest BCUT2D eigenvalue weighted by molar-refractivity contribution is 4.86. The van der Waals surface area contributed by atoms with Crippen LogP contribution in [0.25, 0.3) is 0 Å². The molecule has 90 valence electrons. The van der Waals surface area contributed by atoms with E-state index in [9.17, 15) is 0 Å². The lowest BCUT2D eigenvalue weighted by Gasteiger charge is -2.16. The molecule has 0 saturated heterocycles. The Bertz CT molecular complexity index is 157.